The highest BCUT2D eigenvalue weighted by molar-refractivity contribution is 5.91. The maximum Gasteiger partial charge on any atom is 0.262 e. The van der Waals surface area contributed by atoms with E-state index in [9.17, 15) is 4.79 Å². The summed E-state index contributed by atoms with van der Waals surface area (Å²) in [7, 11) is 0. The second kappa shape index (κ2) is 6.79. The largest absolute Gasteiger partial charge is 0.483 e. The minimum absolute atomic E-state index is 0.100. The average Bonchev–Trinajstić information content (AvgIpc) is 3.23. The van der Waals surface area contributed by atoms with Crippen LogP contribution in [0, 0.1) is 0 Å². The third-order valence-corrected chi connectivity index (χ3v) is 4.30. The van der Waals surface area contributed by atoms with Crippen LogP contribution in [-0.4, -0.2) is 27.9 Å². The lowest BCUT2D eigenvalue weighted by molar-refractivity contribution is -0.118. The van der Waals surface area contributed by atoms with Gasteiger partial charge in [-0.25, -0.2) is 4.68 Å². The van der Waals surface area contributed by atoms with Gasteiger partial charge in [0.15, 0.2) is 18.1 Å². The molecule has 0 saturated heterocycles. The Labute approximate surface area is 157 Å². The van der Waals surface area contributed by atoms with Crippen molar-refractivity contribution in [2.75, 3.05) is 11.9 Å². The number of rotatable bonds is 5. The molecule has 6 heteroatoms. The molecule has 1 N–H and O–H groups in total. The first-order valence-electron chi connectivity index (χ1n) is 8.84. The highest BCUT2D eigenvalue weighted by Gasteiger charge is 2.32. The second-order valence-electron chi connectivity index (χ2n) is 7.13. The number of benzene rings is 2. The SMILES string of the molecule is CC1(C)Cc2cccc(OCC(=O)Nc3cnn(-c4ccccc4)c3)c2O1. The van der Waals surface area contributed by atoms with E-state index in [0.29, 0.717) is 11.4 Å². The van der Waals surface area contributed by atoms with E-state index in [1.54, 1.807) is 17.1 Å². The fourth-order valence-corrected chi connectivity index (χ4v) is 3.15. The molecule has 27 heavy (non-hydrogen) atoms. The molecule has 0 aliphatic carbocycles. The summed E-state index contributed by atoms with van der Waals surface area (Å²) in [6.45, 7) is 3.97. The maximum atomic E-state index is 12.2. The first kappa shape index (κ1) is 17.1. The van der Waals surface area contributed by atoms with Crippen LogP contribution >= 0.6 is 0 Å². The Balaban J connectivity index is 1.38. The molecule has 1 aliphatic heterocycles. The number of nitrogens with one attached hydrogen (secondary N) is 1. The molecular weight excluding hydrogens is 342 g/mol. The van der Waals surface area contributed by atoms with Crippen molar-refractivity contribution in [3.63, 3.8) is 0 Å². The Morgan fingerprint density at radius 2 is 2.04 bits per heavy atom. The first-order valence-corrected chi connectivity index (χ1v) is 8.84. The van der Waals surface area contributed by atoms with Crippen LogP contribution in [0.15, 0.2) is 60.9 Å². The van der Waals surface area contributed by atoms with Crippen LogP contribution in [0.5, 0.6) is 11.5 Å². The number of fused-ring (bicyclic) bond motifs is 1. The number of ether oxygens (including phenoxy) is 2. The summed E-state index contributed by atoms with van der Waals surface area (Å²) in [5.74, 6) is 1.07. The van der Waals surface area contributed by atoms with Gasteiger partial charge in [0.1, 0.15) is 5.60 Å². The molecule has 0 fully saturated rings. The van der Waals surface area contributed by atoms with Crippen LogP contribution < -0.4 is 14.8 Å². The summed E-state index contributed by atoms with van der Waals surface area (Å²) in [5.41, 5.74) is 2.38. The number of hydrogen-bond donors (Lipinski definition) is 1. The molecule has 0 radical (unpaired) electrons. The molecule has 0 saturated carbocycles. The quantitative estimate of drug-likeness (QED) is 0.752. The zero-order chi connectivity index (χ0) is 18.9. The summed E-state index contributed by atoms with van der Waals surface area (Å²) in [4.78, 5) is 12.2. The van der Waals surface area contributed by atoms with E-state index >= 15 is 0 Å². The van der Waals surface area contributed by atoms with Crippen LogP contribution in [0.2, 0.25) is 0 Å². The molecule has 6 nitrogen and oxygen atoms in total. The number of hydrogen-bond acceptors (Lipinski definition) is 4. The average molecular weight is 363 g/mol. The van der Waals surface area contributed by atoms with E-state index in [-0.39, 0.29) is 18.1 Å². The Kier molecular flexibility index (Phi) is 4.32. The Hall–Kier alpha value is -3.28. The predicted octanol–water partition coefficient (Wildman–Crippen LogP) is 3.60. The van der Waals surface area contributed by atoms with Crippen molar-refractivity contribution in [3.8, 4) is 17.2 Å². The fourth-order valence-electron chi connectivity index (χ4n) is 3.15. The zero-order valence-corrected chi connectivity index (χ0v) is 15.3. The number of para-hydroxylation sites is 2. The minimum atomic E-state index is -0.254. The van der Waals surface area contributed by atoms with E-state index in [1.165, 1.54) is 0 Å². The minimum Gasteiger partial charge on any atom is -0.483 e. The van der Waals surface area contributed by atoms with E-state index in [0.717, 1.165) is 23.4 Å². The van der Waals surface area contributed by atoms with Gasteiger partial charge in [-0.2, -0.15) is 5.10 Å². The van der Waals surface area contributed by atoms with E-state index in [4.69, 9.17) is 9.47 Å². The highest BCUT2D eigenvalue weighted by Crippen LogP contribution is 2.41. The van der Waals surface area contributed by atoms with Crippen LogP contribution in [-0.2, 0) is 11.2 Å². The maximum absolute atomic E-state index is 12.2. The summed E-state index contributed by atoms with van der Waals surface area (Å²) in [5, 5.41) is 7.06. The van der Waals surface area contributed by atoms with Gasteiger partial charge < -0.3 is 14.8 Å². The molecule has 138 valence electrons. The number of anilines is 1. The molecule has 4 rings (SSSR count). The standard InChI is InChI=1S/C21H21N3O3/c1-21(2)11-15-7-6-10-18(20(15)27-21)26-14-19(25)23-16-12-22-24(13-16)17-8-4-3-5-9-17/h3-10,12-13H,11,14H2,1-2H3,(H,23,25). The van der Waals surface area contributed by atoms with Gasteiger partial charge in [0.25, 0.3) is 5.91 Å². The van der Waals surface area contributed by atoms with Crippen molar-refractivity contribution >= 4 is 11.6 Å². The Bertz CT molecular complexity index is 964. The van der Waals surface area contributed by atoms with Gasteiger partial charge in [-0.3, -0.25) is 4.79 Å². The van der Waals surface area contributed by atoms with Gasteiger partial charge in [-0.1, -0.05) is 30.3 Å². The lowest BCUT2D eigenvalue weighted by atomic mass is 10.0. The monoisotopic (exact) mass is 363 g/mol. The fraction of sp³-hybridized carbons (Fsp3) is 0.238. The zero-order valence-electron chi connectivity index (χ0n) is 15.3. The molecule has 0 unspecified atom stereocenters. The highest BCUT2D eigenvalue weighted by atomic mass is 16.5. The third kappa shape index (κ3) is 3.79. The molecule has 1 aromatic heterocycles. The molecule has 0 bridgehead atoms. The lowest BCUT2D eigenvalue weighted by Crippen LogP contribution is -2.25. The lowest BCUT2D eigenvalue weighted by Gasteiger charge is -2.18. The molecule has 3 aromatic rings. The summed E-state index contributed by atoms with van der Waals surface area (Å²) in [6, 6.07) is 15.5. The van der Waals surface area contributed by atoms with Gasteiger partial charge in [0.2, 0.25) is 0 Å². The van der Waals surface area contributed by atoms with Gasteiger partial charge >= 0.3 is 0 Å². The summed E-state index contributed by atoms with van der Waals surface area (Å²) >= 11 is 0. The molecular formula is C21H21N3O3. The number of carbonyl (C=O) groups is 1. The third-order valence-electron chi connectivity index (χ3n) is 4.30. The van der Waals surface area contributed by atoms with Gasteiger partial charge in [0.05, 0.1) is 23.8 Å². The number of nitrogens with zero attached hydrogens (tertiary/aromatic N) is 2. The van der Waals surface area contributed by atoms with Crippen molar-refractivity contribution in [1.29, 1.82) is 0 Å². The molecule has 1 amide bonds. The molecule has 1 aliphatic rings. The second-order valence-corrected chi connectivity index (χ2v) is 7.13. The smallest absolute Gasteiger partial charge is 0.262 e. The van der Waals surface area contributed by atoms with Crippen molar-refractivity contribution in [1.82, 2.24) is 9.78 Å². The molecule has 0 atom stereocenters. The van der Waals surface area contributed by atoms with Crippen molar-refractivity contribution < 1.29 is 14.3 Å². The van der Waals surface area contributed by atoms with E-state index in [1.807, 2.05) is 62.4 Å². The summed E-state index contributed by atoms with van der Waals surface area (Å²) in [6.07, 6.45) is 4.19. The van der Waals surface area contributed by atoms with Crippen molar-refractivity contribution in [2.24, 2.45) is 0 Å². The number of amides is 1. The van der Waals surface area contributed by atoms with Crippen LogP contribution in [0.4, 0.5) is 5.69 Å². The van der Waals surface area contributed by atoms with Gasteiger partial charge in [0, 0.05) is 12.0 Å². The first-order chi connectivity index (χ1) is 13.0. The van der Waals surface area contributed by atoms with Crippen molar-refractivity contribution in [3.05, 3.63) is 66.5 Å². The van der Waals surface area contributed by atoms with Crippen LogP contribution in [0.25, 0.3) is 5.69 Å². The van der Waals surface area contributed by atoms with E-state index < -0.39 is 0 Å². The normalized spacial score (nSPS) is 14.3. The van der Waals surface area contributed by atoms with Crippen LogP contribution in [0.1, 0.15) is 19.4 Å². The molecule has 2 heterocycles. The molecule has 0 spiro atoms. The number of aromatic nitrogens is 2. The molecule has 2 aromatic carbocycles. The Morgan fingerprint density at radius 3 is 2.85 bits per heavy atom. The van der Waals surface area contributed by atoms with Crippen molar-refractivity contribution in [2.45, 2.75) is 25.9 Å². The van der Waals surface area contributed by atoms with Gasteiger partial charge in [-0.05, 0) is 32.0 Å². The van der Waals surface area contributed by atoms with E-state index in [2.05, 4.69) is 10.4 Å². The predicted molar refractivity (Wildman–Crippen MR) is 103 cm³/mol. The number of carbonyl (C=O) groups excluding carboxylic acids is 1. The van der Waals surface area contributed by atoms with Gasteiger partial charge in [-0.15, -0.1) is 0 Å². The summed E-state index contributed by atoms with van der Waals surface area (Å²) < 4.78 is 13.4. The van der Waals surface area contributed by atoms with Crippen LogP contribution in [0.3, 0.4) is 0 Å². The Morgan fingerprint density at radius 1 is 1.22 bits per heavy atom. The topological polar surface area (TPSA) is 65.4 Å².